The fourth-order valence-electron chi connectivity index (χ4n) is 3.18. The van der Waals surface area contributed by atoms with Crippen molar-refractivity contribution in [3.05, 3.63) is 59.7 Å². The third-order valence-electron chi connectivity index (χ3n) is 5.07. The van der Waals surface area contributed by atoms with Gasteiger partial charge in [0.2, 0.25) is 18.6 Å². The van der Waals surface area contributed by atoms with E-state index in [9.17, 15) is 9.59 Å². The molecule has 2 amide bonds. The van der Waals surface area contributed by atoms with Crippen molar-refractivity contribution in [3.63, 3.8) is 0 Å². The first kappa shape index (κ1) is 20.7. The highest BCUT2D eigenvalue weighted by Gasteiger charge is 2.39. The van der Waals surface area contributed by atoms with Crippen LogP contribution in [0.4, 0.5) is 0 Å². The highest BCUT2D eigenvalue weighted by atomic mass is 16.7. The van der Waals surface area contributed by atoms with Crippen LogP contribution in [0.25, 0.3) is 0 Å². The number of carbonyl (C=O) groups is 2. The van der Waals surface area contributed by atoms with Gasteiger partial charge in [-0.2, -0.15) is 0 Å². The standard InChI is InChI=1S/C23H28N2O4/c1-16(2)25(14-17-8-6-5-7-9-17)22(27)23(3,4)21(26)24-13-18-10-11-19-20(12-18)29-15-28-19/h5-12,16H,13-15H2,1-4H3,(H,24,26). The first-order chi connectivity index (χ1) is 13.8. The number of hydrogen-bond acceptors (Lipinski definition) is 4. The van der Waals surface area contributed by atoms with Gasteiger partial charge in [-0.15, -0.1) is 0 Å². The molecule has 6 nitrogen and oxygen atoms in total. The topological polar surface area (TPSA) is 67.9 Å². The van der Waals surface area contributed by atoms with E-state index in [-0.39, 0.29) is 24.6 Å². The summed E-state index contributed by atoms with van der Waals surface area (Å²) in [5, 5.41) is 2.89. The molecule has 1 aliphatic rings. The SMILES string of the molecule is CC(C)N(Cc1ccccc1)C(=O)C(C)(C)C(=O)NCc1ccc2c(c1)OCO2. The number of ether oxygens (including phenoxy) is 2. The van der Waals surface area contributed by atoms with Gasteiger partial charge in [0.1, 0.15) is 5.41 Å². The van der Waals surface area contributed by atoms with Crippen molar-refractivity contribution >= 4 is 11.8 Å². The molecule has 1 heterocycles. The molecule has 29 heavy (non-hydrogen) atoms. The van der Waals surface area contributed by atoms with Crippen LogP contribution in [0.2, 0.25) is 0 Å². The number of amides is 2. The van der Waals surface area contributed by atoms with Crippen LogP contribution in [-0.4, -0.2) is 29.5 Å². The van der Waals surface area contributed by atoms with Crippen molar-refractivity contribution in [2.45, 2.75) is 46.8 Å². The normalized spacial score (nSPS) is 12.7. The summed E-state index contributed by atoms with van der Waals surface area (Å²) in [5.74, 6) is 0.864. The van der Waals surface area contributed by atoms with Gasteiger partial charge in [-0.05, 0) is 51.0 Å². The summed E-state index contributed by atoms with van der Waals surface area (Å²) in [5.41, 5.74) is 0.733. The van der Waals surface area contributed by atoms with Crippen LogP contribution in [0.1, 0.15) is 38.8 Å². The molecule has 2 aromatic rings. The van der Waals surface area contributed by atoms with Gasteiger partial charge in [-0.1, -0.05) is 36.4 Å². The number of rotatable bonds is 7. The molecule has 0 radical (unpaired) electrons. The number of hydrogen-bond donors (Lipinski definition) is 1. The van der Waals surface area contributed by atoms with E-state index in [0.717, 1.165) is 11.1 Å². The predicted octanol–water partition coefficient (Wildman–Crippen LogP) is 3.49. The number of fused-ring (bicyclic) bond motifs is 1. The van der Waals surface area contributed by atoms with Gasteiger partial charge in [-0.3, -0.25) is 9.59 Å². The highest BCUT2D eigenvalue weighted by Crippen LogP contribution is 2.32. The molecule has 0 fully saturated rings. The van der Waals surface area contributed by atoms with E-state index < -0.39 is 5.41 Å². The van der Waals surface area contributed by atoms with Crippen molar-refractivity contribution in [2.24, 2.45) is 5.41 Å². The van der Waals surface area contributed by atoms with Crippen molar-refractivity contribution < 1.29 is 19.1 Å². The zero-order chi connectivity index (χ0) is 21.0. The Balaban J connectivity index is 1.66. The third-order valence-corrected chi connectivity index (χ3v) is 5.07. The summed E-state index contributed by atoms with van der Waals surface area (Å²) in [6.45, 7) is 8.25. The largest absolute Gasteiger partial charge is 0.454 e. The van der Waals surface area contributed by atoms with E-state index in [2.05, 4.69) is 5.32 Å². The molecule has 0 saturated carbocycles. The van der Waals surface area contributed by atoms with Gasteiger partial charge in [0.15, 0.2) is 11.5 Å². The van der Waals surface area contributed by atoms with Crippen LogP contribution < -0.4 is 14.8 Å². The quantitative estimate of drug-likeness (QED) is 0.728. The lowest BCUT2D eigenvalue weighted by molar-refractivity contribution is -0.150. The van der Waals surface area contributed by atoms with Crippen molar-refractivity contribution in [1.29, 1.82) is 0 Å². The third kappa shape index (κ3) is 4.70. The Labute approximate surface area is 171 Å². The first-order valence-corrected chi connectivity index (χ1v) is 9.81. The minimum atomic E-state index is -1.19. The Morgan fingerprint density at radius 1 is 1.03 bits per heavy atom. The Bertz CT molecular complexity index is 878. The lowest BCUT2D eigenvalue weighted by Gasteiger charge is -2.34. The Hall–Kier alpha value is -3.02. The lowest BCUT2D eigenvalue weighted by atomic mass is 9.89. The summed E-state index contributed by atoms with van der Waals surface area (Å²) < 4.78 is 10.7. The number of nitrogens with one attached hydrogen (secondary N) is 1. The molecular formula is C23H28N2O4. The van der Waals surface area contributed by atoms with Gasteiger partial charge >= 0.3 is 0 Å². The van der Waals surface area contributed by atoms with E-state index in [1.54, 1.807) is 18.7 Å². The van der Waals surface area contributed by atoms with Crippen LogP contribution in [0.15, 0.2) is 48.5 Å². The van der Waals surface area contributed by atoms with E-state index in [1.807, 2.05) is 62.4 Å². The molecule has 0 spiro atoms. The van der Waals surface area contributed by atoms with Gasteiger partial charge in [0, 0.05) is 19.1 Å². The minimum absolute atomic E-state index is 0.0244. The van der Waals surface area contributed by atoms with Crippen LogP contribution in [-0.2, 0) is 22.7 Å². The van der Waals surface area contributed by atoms with E-state index in [4.69, 9.17) is 9.47 Å². The van der Waals surface area contributed by atoms with Gasteiger partial charge in [0.05, 0.1) is 0 Å². The Morgan fingerprint density at radius 2 is 1.72 bits per heavy atom. The summed E-state index contributed by atoms with van der Waals surface area (Å²) in [6, 6.07) is 15.3. The van der Waals surface area contributed by atoms with Gasteiger partial charge < -0.3 is 19.7 Å². The maximum absolute atomic E-state index is 13.2. The van der Waals surface area contributed by atoms with Crippen molar-refractivity contribution in [2.75, 3.05) is 6.79 Å². The zero-order valence-electron chi connectivity index (χ0n) is 17.4. The van der Waals surface area contributed by atoms with Crippen LogP contribution in [0, 0.1) is 5.41 Å². The smallest absolute Gasteiger partial charge is 0.238 e. The molecule has 0 saturated heterocycles. The second-order valence-electron chi connectivity index (χ2n) is 8.01. The number of nitrogens with zero attached hydrogens (tertiary/aromatic N) is 1. The molecule has 0 aliphatic carbocycles. The summed E-state index contributed by atoms with van der Waals surface area (Å²) in [7, 11) is 0. The monoisotopic (exact) mass is 396 g/mol. The van der Waals surface area contributed by atoms with E-state index in [1.165, 1.54) is 0 Å². The molecule has 0 unspecified atom stereocenters. The fraction of sp³-hybridized carbons (Fsp3) is 0.391. The average Bonchev–Trinajstić information content (AvgIpc) is 3.18. The Kier molecular flexibility index (Phi) is 6.11. The van der Waals surface area contributed by atoms with Gasteiger partial charge in [0.25, 0.3) is 0 Å². The maximum atomic E-state index is 13.2. The fourth-order valence-corrected chi connectivity index (χ4v) is 3.18. The summed E-state index contributed by atoms with van der Waals surface area (Å²) in [4.78, 5) is 27.9. The summed E-state index contributed by atoms with van der Waals surface area (Å²) >= 11 is 0. The average molecular weight is 396 g/mol. The molecule has 1 N–H and O–H groups in total. The lowest BCUT2D eigenvalue weighted by Crippen LogP contribution is -2.51. The van der Waals surface area contributed by atoms with E-state index in [0.29, 0.717) is 24.6 Å². The predicted molar refractivity (Wildman–Crippen MR) is 110 cm³/mol. The first-order valence-electron chi connectivity index (χ1n) is 9.81. The molecule has 6 heteroatoms. The Morgan fingerprint density at radius 3 is 2.41 bits per heavy atom. The van der Waals surface area contributed by atoms with Gasteiger partial charge in [-0.25, -0.2) is 0 Å². The molecular weight excluding hydrogens is 368 g/mol. The van der Waals surface area contributed by atoms with Crippen LogP contribution in [0.5, 0.6) is 11.5 Å². The van der Waals surface area contributed by atoms with Crippen molar-refractivity contribution in [1.82, 2.24) is 10.2 Å². The zero-order valence-corrected chi connectivity index (χ0v) is 17.4. The van der Waals surface area contributed by atoms with Crippen LogP contribution >= 0.6 is 0 Å². The van der Waals surface area contributed by atoms with Crippen molar-refractivity contribution in [3.8, 4) is 11.5 Å². The molecule has 0 bridgehead atoms. The second-order valence-corrected chi connectivity index (χ2v) is 8.01. The highest BCUT2D eigenvalue weighted by molar-refractivity contribution is 6.04. The van der Waals surface area contributed by atoms with E-state index >= 15 is 0 Å². The second kappa shape index (κ2) is 8.55. The molecule has 3 rings (SSSR count). The van der Waals surface area contributed by atoms with Crippen LogP contribution in [0.3, 0.4) is 0 Å². The summed E-state index contributed by atoms with van der Waals surface area (Å²) in [6.07, 6.45) is 0. The number of benzene rings is 2. The number of carbonyl (C=O) groups excluding carboxylic acids is 2. The minimum Gasteiger partial charge on any atom is -0.454 e. The molecule has 1 aliphatic heterocycles. The molecule has 0 aromatic heterocycles. The molecule has 0 atom stereocenters. The molecule has 2 aromatic carbocycles. The maximum Gasteiger partial charge on any atom is 0.238 e. The molecule has 154 valence electrons.